The monoisotopic (exact) mass is 496 g/mol. The molecule has 0 aliphatic carbocycles. The number of aromatic amines is 1. The summed E-state index contributed by atoms with van der Waals surface area (Å²) in [4.78, 5) is 18.9. The zero-order valence-electron chi connectivity index (χ0n) is 21.1. The number of benzene rings is 3. The van der Waals surface area contributed by atoms with Crippen LogP contribution in [0.3, 0.4) is 0 Å². The highest BCUT2D eigenvalue weighted by molar-refractivity contribution is 5.85. The van der Waals surface area contributed by atoms with Crippen LogP contribution in [0.25, 0.3) is 10.9 Å². The lowest BCUT2D eigenvalue weighted by Crippen LogP contribution is -2.35. The molecule has 0 saturated carbocycles. The van der Waals surface area contributed by atoms with Crippen LogP contribution in [-0.2, 0) is 13.1 Å². The quantitative estimate of drug-likeness (QED) is 0.330. The summed E-state index contributed by atoms with van der Waals surface area (Å²) in [6.07, 6.45) is 0. The van der Waals surface area contributed by atoms with Gasteiger partial charge in [0.15, 0.2) is 5.82 Å². The maximum Gasteiger partial charge on any atom is 0.253 e. The van der Waals surface area contributed by atoms with Gasteiger partial charge in [0.25, 0.3) is 5.56 Å². The minimum atomic E-state index is -0.506. The third-order valence-electron chi connectivity index (χ3n) is 6.82. The van der Waals surface area contributed by atoms with Gasteiger partial charge in [-0.15, -0.1) is 5.10 Å². The summed E-state index contributed by atoms with van der Waals surface area (Å²) in [5.74, 6) is 0.254. The number of H-pyrrole nitrogens is 1. The molecule has 1 atom stereocenters. The second-order valence-electron chi connectivity index (χ2n) is 9.31. The molecule has 2 heterocycles. The van der Waals surface area contributed by atoms with E-state index in [0.29, 0.717) is 31.0 Å². The van der Waals surface area contributed by atoms with Crippen LogP contribution >= 0.6 is 0 Å². The number of hydrogen-bond donors (Lipinski definition) is 1. The lowest BCUT2D eigenvalue weighted by molar-refractivity contribution is 0.214. The molecule has 3 aromatic carbocycles. The molecule has 8 heteroatoms. The Labute approximate surface area is 214 Å². The van der Waals surface area contributed by atoms with Gasteiger partial charge in [-0.3, -0.25) is 9.69 Å². The van der Waals surface area contributed by atoms with Gasteiger partial charge in [-0.05, 0) is 71.3 Å². The smallest absolute Gasteiger partial charge is 0.253 e. The summed E-state index contributed by atoms with van der Waals surface area (Å²) in [5.41, 5.74) is 5.31. The molecule has 0 saturated heterocycles. The van der Waals surface area contributed by atoms with E-state index in [-0.39, 0.29) is 11.4 Å². The van der Waals surface area contributed by atoms with Crippen molar-refractivity contribution in [1.29, 1.82) is 0 Å². The molecule has 0 unspecified atom stereocenters. The van der Waals surface area contributed by atoms with Gasteiger partial charge in [0.05, 0.1) is 12.1 Å². The fourth-order valence-electron chi connectivity index (χ4n) is 4.78. The van der Waals surface area contributed by atoms with E-state index >= 15 is 0 Å². The van der Waals surface area contributed by atoms with Crippen molar-refractivity contribution in [1.82, 2.24) is 30.1 Å². The second kappa shape index (κ2) is 10.4. The van der Waals surface area contributed by atoms with Crippen LogP contribution in [0.5, 0.6) is 0 Å². The predicted molar refractivity (Wildman–Crippen MR) is 142 cm³/mol. The Balaban J connectivity index is 1.66. The zero-order valence-corrected chi connectivity index (χ0v) is 21.1. The predicted octanol–water partition coefficient (Wildman–Crippen LogP) is 4.93. The largest absolute Gasteiger partial charge is 0.321 e. The standard InChI is InChI=1S/C29H29FN6O/c1-4-35(17-21-8-6-5-7-9-21)27(25-16-24-19(2)10-11-20(3)26(24)31-29(25)37)28-32-33-34-36(28)18-22-12-14-23(30)15-13-22/h5-16,27H,4,17-18H2,1-3H3,(H,31,37)/t27-/m1/s1. The second-order valence-corrected chi connectivity index (χ2v) is 9.31. The van der Waals surface area contributed by atoms with Gasteiger partial charge in [-0.25, -0.2) is 9.07 Å². The van der Waals surface area contributed by atoms with Gasteiger partial charge in [0.2, 0.25) is 0 Å². The molecule has 0 aliphatic heterocycles. The van der Waals surface area contributed by atoms with Gasteiger partial charge in [0, 0.05) is 17.5 Å². The van der Waals surface area contributed by atoms with Crippen LogP contribution in [0.15, 0.2) is 77.6 Å². The lowest BCUT2D eigenvalue weighted by Gasteiger charge is -2.30. The average Bonchev–Trinajstić information content (AvgIpc) is 3.36. The lowest BCUT2D eigenvalue weighted by atomic mass is 9.99. The summed E-state index contributed by atoms with van der Waals surface area (Å²) < 4.78 is 15.2. The highest BCUT2D eigenvalue weighted by atomic mass is 19.1. The minimum Gasteiger partial charge on any atom is -0.321 e. The minimum absolute atomic E-state index is 0.172. The molecule has 7 nitrogen and oxygen atoms in total. The van der Waals surface area contributed by atoms with Crippen LogP contribution in [0.1, 0.15) is 46.6 Å². The van der Waals surface area contributed by atoms with Crippen molar-refractivity contribution in [3.05, 3.63) is 123 Å². The third-order valence-corrected chi connectivity index (χ3v) is 6.82. The molecular weight excluding hydrogens is 467 g/mol. The van der Waals surface area contributed by atoms with Crippen LogP contribution in [0.4, 0.5) is 4.39 Å². The Morgan fingerprint density at radius 3 is 2.43 bits per heavy atom. The number of rotatable bonds is 8. The Kier molecular flexibility index (Phi) is 6.92. The Morgan fingerprint density at radius 1 is 0.973 bits per heavy atom. The first kappa shape index (κ1) is 24.5. The molecule has 0 spiro atoms. The third kappa shape index (κ3) is 5.06. The number of nitrogens with one attached hydrogen (secondary N) is 1. The summed E-state index contributed by atoms with van der Waals surface area (Å²) >= 11 is 0. The van der Waals surface area contributed by atoms with Crippen molar-refractivity contribution in [2.24, 2.45) is 0 Å². The number of halogens is 1. The normalized spacial score (nSPS) is 12.4. The van der Waals surface area contributed by atoms with E-state index in [1.54, 1.807) is 16.8 Å². The molecule has 0 bridgehead atoms. The fourth-order valence-corrected chi connectivity index (χ4v) is 4.78. The number of pyridine rings is 1. The molecular formula is C29H29FN6O. The molecule has 2 aromatic heterocycles. The number of aryl methyl sites for hydroxylation is 2. The van der Waals surface area contributed by atoms with Crippen molar-refractivity contribution in [3.8, 4) is 0 Å². The van der Waals surface area contributed by atoms with E-state index in [1.165, 1.54) is 12.1 Å². The van der Waals surface area contributed by atoms with Crippen molar-refractivity contribution < 1.29 is 4.39 Å². The van der Waals surface area contributed by atoms with Gasteiger partial charge in [0.1, 0.15) is 11.9 Å². The maximum absolute atomic E-state index is 13.6. The highest BCUT2D eigenvalue weighted by Crippen LogP contribution is 2.30. The molecule has 0 radical (unpaired) electrons. The maximum atomic E-state index is 13.6. The fraction of sp³-hybridized carbons (Fsp3) is 0.241. The summed E-state index contributed by atoms with van der Waals surface area (Å²) in [7, 11) is 0. The van der Waals surface area contributed by atoms with E-state index in [9.17, 15) is 9.18 Å². The van der Waals surface area contributed by atoms with Crippen LogP contribution in [0.2, 0.25) is 0 Å². The average molecular weight is 497 g/mol. The van der Waals surface area contributed by atoms with Gasteiger partial charge < -0.3 is 4.98 Å². The molecule has 188 valence electrons. The molecule has 37 heavy (non-hydrogen) atoms. The molecule has 0 aliphatic rings. The number of nitrogens with zero attached hydrogens (tertiary/aromatic N) is 5. The summed E-state index contributed by atoms with van der Waals surface area (Å²) in [5, 5.41) is 13.6. The molecule has 5 aromatic rings. The number of tetrazole rings is 1. The topological polar surface area (TPSA) is 79.7 Å². The Bertz CT molecular complexity index is 1580. The van der Waals surface area contributed by atoms with Crippen molar-refractivity contribution in [2.75, 3.05) is 6.54 Å². The first-order chi connectivity index (χ1) is 17.9. The van der Waals surface area contributed by atoms with E-state index < -0.39 is 6.04 Å². The van der Waals surface area contributed by atoms with Crippen molar-refractivity contribution in [3.63, 3.8) is 0 Å². The Morgan fingerprint density at radius 2 is 1.70 bits per heavy atom. The van der Waals surface area contributed by atoms with E-state index in [2.05, 4.69) is 50.5 Å². The molecule has 0 amide bonds. The van der Waals surface area contributed by atoms with Crippen LogP contribution < -0.4 is 5.56 Å². The first-order valence-corrected chi connectivity index (χ1v) is 12.4. The van der Waals surface area contributed by atoms with Crippen LogP contribution in [0, 0.1) is 19.7 Å². The number of hydrogen-bond acceptors (Lipinski definition) is 5. The first-order valence-electron chi connectivity index (χ1n) is 12.4. The van der Waals surface area contributed by atoms with Gasteiger partial charge in [-0.1, -0.05) is 61.5 Å². The number of fused-ring (bicyclic) bond motifs is 1. The Hall–Kier alpha value is -4.17. The SMILES string of the molecule is CCN(Cc1ccccc1)[C@H](c1cc2c(C)ccc(C)c2[nH]c1=O)c1nnnn1Cc1ccc(F)cc1. The van der Waals surface area contributed by atoms with E-state index in [1.807, 2.05) is 44.2 Å². The van der Waals surface area contributed by atoms with Crippen LogP contribution in [-0.4, -0.2) is 36.6 Å². The molecule has 1 N–H and O–H groups in total. The summed E-state index contributed by atoms with van der Waals surface area (Å²) in [6, 6.07) is 22.0. The molecule has 5 rings (SSSR count). The van der Waals surface area contributed by atoms with E-state index in [4.69, 9.17) is 0 Å². The van der Waals surface area contributed by atoms with Gasteiger partial charge in [-0.2, -0.15) is 0 Å². The molecule has 0 fully saturated rings. The summed E-state index contributed by atoms with van der Waals surface area (Å²) in [6.45, 7) is 7.72. The van der Waals surface area contributed by atoms with Crippen molar-refractivity contribution >= 4 is 10.9 Å². The van der Waals surface area contributed by atoms with Gasteiger partial charge >= 0.3 is 0 Å². The van der Waals surface area contributed by atoms with E-state index in [0.717, 1.165) is 33.2 Å². The zero-order chi connectivity index (χ0) is 25.9. The highest BCUT2D eigenvalue weighted by Gasteiger charge is 2.30. The number of aromatic nitrogens is 5. The van der Waals surface area contributed by atoms with Crippen molar-refractivity contribution in [2.45, 2.75) is 39.9 Å².